The second-order valence-electron chi connectivity index (χ2n) is 5.74. The highest BCUT2D eigenvalue weighted by Crippen LogP contribution is 2.42. The van der Waals surface area contributed by atoms with E-state index in [0.717, 1.165) is 32.2 Å². The molecule has 1 rings (SSSR count). The number of esters is 1. The van der Waals surface area contributed by atoms with Crippen molar-refractivity contribution in [3.63, 3.8) is 0 Å². The van der Waals surface area contributed by atoms with Crippen molar-refractivity contribution in [2.24, 2.45) is 11.1 Å². The molecule has 0 unspecified atom stereocenters. The van der Waals surface area contributed by atoms with E-state index in [9.17, 15) is 4.79 Å². The topological polar surface area (TPSA) is 52.3 Å². The lowest BCUT2D eigenvalue weighted by atomic mass is 9.69. The maximum Gasteiger partial charge on any atom is 0.305 e. The Bertz CT molecular complexity index is 275. The molecule has 2 N–H and O–H groups in total. The fraction of sp³-hybridized carbons (Fsp3) is 0.812. The van der Waals surface area contributed by atoms with E-state index in [2.05, 4.69) is 16.9 Å². The lowest BCUT2D eigenvalue weighted by molar-refractivity contribution is -0.140. The van der Waals surface area contributed by atoms with Crippen LogP contribution in [0, 0.1) is 5.41 Å². The molecule has 1 aliphatic carbocycles. The zero-order valence-electron chi connectivity index (χ0n) is 12.3. The number of ether oxygens (including phenoxy) is 1. The molecule has 110 valence electrons. The molecule has 3 nitrogen and oxygen atoms in total. The van der Waals surface area contributed by atoms with Gasteiger partial charge in [0.2, 0.25) is 0 Å². The number of carbonyl (C=O) groups excluding carboxylic acids is 1. The van der Waals surface area contributed by atoms with Crippen molar-refractivity contribution in [1.29, 1.82) is 0 Å². The van der Waals surface area contributed by atoms with Crippen molar-refractivity contribution in [3.8, 4) is 0 Å². The number of nitrogens with two attached hydrogens (primary N) is 1. The van der Waals surface area contributed by atoms with Gasteiger partial charge in [0.15, 0.2) is 0 Å². The molecule has 1 fully saturated rings. The highest BCUT2D eigenvalue weighted by molar-refractivity contribution is 5.68. The maximum atomic E-state index is 11.0. The summed E-state index contributed by atoms with van der Waals surface area (Å²) in [5.74, 6) is -0.111. The van der Waals surface area contributed by atoms with Crippen LogP contribution in [-0.4, -0.2) is 19.6 Å². The fourth-order valence-electron chi connectivity index (χ4n) is 3.08. The molecule has 19 heavy (non-hydrogen) atoms. The zero-order valence-corrected chi connectivity index (χ0v) is 12.3. The van der Waals surface area contributed by atoms with E-state index >= 15 is 0 Å². The van der Waals surface area contributed by atoms with Crippen LogP contribution in [-0.2, 0) is 9.53 Å². The molecular weight excluding hydrogens is 238 g/mol. The van der Waals surface area contributed by atoms with Crippen LogP contribution in [0.5, 0.6) is 0 Å². The fourth-order valence-corrected chi connectivity index (χ4v) is 3.08. The van der Waals surface area contributed by atoms with Crippen molar-refractivity contribution in [2.75, 3.05) is 13.7 Å². The lowest BCUT2D eigenvalue weighted by Gasteiger charge is -2.36. The van der Waals surface area contributed by atoms with Gasteiger partial charge in [-0.1, -0.05) is 31.4 Å². The summed E-state index contributed by atoms with van der Waals surface area (Å²) in [5.41, 5.74) is 6.23. The maximum absolute atomic E-state index is 11.0. The van der Waals surface area contributed by atoms with Gasteiger partial charge in [-0.2, -0.15) is 0 Å². The van der Waals surface area contributed by atoms with E-state index in [0.29, 0.717) is 11.8 Å². The summed E-state index contributed by atoms with van der Waals surface area (Å²) in [7, 11) is 1.44. The monoisotopic (exact) mass is 267 g/mol. The second kappa shape index (κ2) is 9.13. The van der Waals surface area contributed by atoms with Crippen molar-refractivity contribution >= 4 is 5.97 Å². The van der Waals surface area contributed by atoms with Crippen molar-refractivity contribution in [2.45, 2.75) is 64.2 Å². The molecule has 0 spiro atoms. The molecular formula is C16H29NO2. The Morgan fingerprint density at radius 1 is 1.26 bits per heavy atom. The SMILES string of the molecule is COC(=O)CCC/C=C\CC1(CCN)CCCCC1. The Morgan fingerprint density at radius 3 is 2.63 bits per heavy atom. The zero-order chi connectivity index (χ0) is 14.0. The van der Waals surface area contributed by atoms with Gasteiger partial charge in [0.05, 0.1) is 7.11 Å². The second-order valence-corrected chi connectivity index (χ2v) is 5.74. The van der Waals surface area contributed by atoms with E-state index in [1.54, 1.807) is 0 Å². The highest BCUT2D eigenvalue weighted by atomic mass is 16.5. The molecule has 3 heteroatoms. The lowest BCUT2D eigenvalue weighted by Crippen LogP contribution is -2.26. The van der Waals surface area contributed by atoms with Gasteiger partial charge >= 0.3 is 5.97 Å². The van der Waals surface area contributed by atoms with Crippen molar-refractivity contribution in [1.82, 2.24) is 0 Å². The minimum Gasteiger partial charge on any atom is -0.469 e. The smallest absolute Gasteiger partial charge is 0.305 e. The van der Waals surface area contributed by atoms with Crippen molar-refractivity contribution < 1.29 is 9.53 Å². The van der Waals surface area contributed by atoms with Crippen molar-refractivity contribution in [3.05, 3.63) is 12.2 Å². The first-order valence-corrected chi connectivity index (χ1v) is 7.64. The summed E-state index contributed by atoms with van der Waals surface area (Å²) in [5, 5.41) is 0. The third-order valence-corrected chi connectivity index (χ3v) is 4.29. The molecule has 0 radical (unpaired) electrons. The predicted octanol–water partition coefficient (Wildman–Crippen LogP) is 3.58. The molecule has 0 heterocycles. The Morgan fingerprint density at radius 2 is 2.00 bits per heavy atom. The van der Waals surface area contributed by atoms with Gasteiger partial charge in [-0.15, -0.1) is 0 Å². The first-order chi connectivity index (χ1) is 9.22. The van der Waals surface area contributed by atoms with Crippen LogP contribution in [0.3, 0.4) is 0 Å². The van der Waals surface area contributed by atoms with E-state index in [-0.39, 0.29) is 5.97 Å². The molecule has 0 atom stereocenters. The van der Waals surface area contributed by atoms with Gasteiger partial charge in [0.1, 0.15) is 0 Å². The summed E-state index contributed by atoms with van der Waals surface area (Å²) in [6.45, 7) is 0.802. The third kappa shape index (κ3) is 6.24. The van der Waals surface area contributed by atoms with Gasteiger partial charge in [-0.25, -0.2) is 0 Å². The summed E-state index contributed by atoms with van der Waals surface area (Å²) < 4.78 is 4.62. The third-order valence-electron chi connectivity index (χ3n) is 4.29. The average Bonchev–Trinajstić information content (AvgIpc) is 2.43. The molecule has 0 aromatic heterocycles. The minimum absolute atomic E-state index is 0.111. The molecule has 0 aromatic rings. The van der Waals surface area contributed by atoms with Gasteiger partial charge in [0.25, 0.3) is 0 Å². The molecule has 0 bridgehead atoms. The Balaban J connectivity index is 2.25. The van der Waals surface area contributed by atoms with E-state index in [1.165, 1.54) is 39.2 Å². The molecule has 1 saturated carbocycles. The van der Waals surface area contributed by atoms with E-state index in [4.69, 9.17) is 5.73 Å². The quantitative estimate of drug-likeness (QED) is 0.415. The van der Waals surface area contributed by atoms with Gasteiger partial charge in [-0.3, -0.25) is 4.79 Å². The van der Waals surface area contributed by atoms with Crippen LogP contribution < -0.4 is 5.73 Å². The molecule has 1 aliphatic rings. The number of hydrogen-bond donors (Lipinski definition) is 1. The number of rotatable bonds is 8. The standard InChI is InChI=1S/C16H29NO2/c1-19-15(18)9-5-2-3-6-10-16(13-14-17)11-7-4-8-12-16/h3,6H,2,4-5,7-14,17H2,1H3/b6-3-. The number of methoxy groups -OCH3 is 1. The summed E-state index contributed by atoms with van der Waals surface area (Å²) in [6.07, 6.45) is 16.0. The van der Waals surface area contributed by atoms with Crippen LogP contribution in [0.2, 0.25) is 0 Å². The summed E-state index contributed by atoms with van der Waals surface area (Å²) in [6, 6.07) is 0. The molecule has 0 saturated heterocycles. The van der Waals surface area contributed by atoms with Gasteiger partial charge in [-0.05, 0) is 50.5 Å². The molecule has 0 amide bonds. The average molecular weight is 267 g/mol. The summed E-state index contributed by atoms with van der Waals surface area (Å²) >= 11 is 0. The Hall–Kier alpha value is -0.830. The number of hydrogen-bond acceptors (Lipinski definition) is 3. The van der Waals surface area contributed by atoms with E-state index in [1.807, 2.05) is 0 Å². The Kier molecular flexibility index (Phi) is 7.80. The summed E-state index contributed by atoms with van der Waals surface area (Å²) in [4.78, 5) is 11.0. The van der Waals surface area contributed by atoms with Crippen LogP contribution in [0.15, 0.2) is 12.2 Å². The van der Waals surface area contributed by atoms with Gasteiger partial charge < -0.3 is 10.5 Å². The van der Waals surface area contributed by atoms with Crippen LogP contribution in [0.1, 0.15) is 64.2 Å². The van der Waals surface area contributed by atoms with E-state index < -0.39 is 0 Å². The minimum atomic E-state index is -0.111. The van der Waals surface area contributed by atoms with Crippen LogP contribution in [0.25, 0.3) is 0 Å². The number of allylic oxidation sites excluding steroid dienone is 2. The molecule has 0 aromatic carbocycles. The van der Waals surface area contributed by atoms with Crippen LogP contribution in [0.4, 0.5) is 0 Å². The van der Waals surface area contributed by atoms with Crippen LogP contribution >= 0.6 is 0 Å². The van der Waals surface area contributed by atoms with Gasteiger partial charge in [0, 0.05) is 6.42 Å². The number of carbonyl (C=O) groups is 1. The Labute approximate surface area is 117 Å². The predicted molar refractivity (Wildman–Crippen MR) is 78.8 cm³/mol. The molecule has 0 aliphatic heterocycles. The first kappa shape index (κ1) is 16.2. The largest absolute Gasteiger partial charge is 0.469 e. The normalized spacial score (nSPS) is 18.6. The number of unbranched alkanes of at least 4 members (excludes halogenated alkanes) is 1. The first-order valence-electron chi connectivity index (χ1n) is 7.64. The highest BCUT2D eigenvalue weighted by Gasteiger charge is 2.29.